The van der Waals surface area contributed by atoms with E-state index in [2.05, 4.69) is 27.6 Å². The molecule has 0 aliphatic heterocycles. The van der Waals surface area contributed by atoms with E-state index in [-0.39, 0.29) is 19.0 Å². The molecule has 2 aromatic heterocycles. The van der Waals surface area contributed by atoms with Crippen molar-refractivity contribution in [3.8, 4) is 16.9 Å². The summed E-state index contributed by atoms with van der Waals surface area (Å²) in [5.74, 6) is 0.198. The Morgan fingerprint density at radius 2 is 1.73 bits per heavy atom. The van der Waals surface area contributed by atoms with Crippen LogP contribution in [0.1, 0.15) is 21.7 Å². The van der Waals surface area contributed by atoms with E-state index in [1.54, 1.807) is 35.1 Å². The lowest BCUT2D eigenvalue weighted by Gasteiger charge is -2.08. The Hall–Kier alpha value is -4.43. The third kappa shape index (κ3) is 5.70. The minimum atomic E-state index is -0.417. The second kappa shape index (κ2) is 10.7. The van der Waals surface area contributed by atoms with Crippen LogP contribution in [0.5, 0.6) is 5.75 Å². The summed E-state index contributed by atoms with van der Waals surface area (Å²) in [5.41, 5.74) is 3.52. The van der Waals surface area contributed by atoms with Crippen LogP contribution in [-0.2, 0) is 13.3 Å². The fourth-order valence-electron chi connectivity index (χ4n) is 3.81. The van der Waals surface area contributed by atoms with Crippen LogP contribution in [0.25, 0.3) is 11.1 Å². The maximum absolute atomic E-state index is 14.2. The van der Waals surface area contributed by atoms with Gasteiger partial charge in [-0.3, -0.25) is 9.48 Å². The van der Waals surface area contributed by atoms with Gasteiger partial charge in [0.25, 0.3) is 5.91 Å². The Bertz CT molecular complexity index is 1510. The average molecular weight is 516 g/mol. The van der Waals surface area contributed by atoms with Gasteiger partial charge >= 0.3 is 0 Å². The number of benzene rings is 3. The van der Waals surface area contributed by atoms with Crippen LogP contribution in [0, 0.1) is 12.7 Å². The van der Waals surface area contributed by atoms with Gasteiger partial charge < -0.3 is 10.1 Å². The molecule has 186 valence electrons. The van der Waals surface area contributed by atoms with Gasteiger partial charge in [0.2, 0.25) is 0 Å². The van der Waals surface area contributed by atoms with Crippen molar-refractivity contribution in [2.45, 2.75) is 20.2 Å². The normalized spacial score (nSPS) is 10.9. The van der Waals surface area contributed by atoms with Crippen LogP contribution in [0.2, 0.25) is 5.02 Å². The Morgan fingerprint density at radius 1 is 0.973 bits per heavy atom. The number of ether oxygens (including phenoxy) is 1. The summed E-state index contributed by atoms with van der Waals surface area (Å²) in [5, 5.41) is 11.7. The zero-order valence-corrected chi connectivity index (χ0v) is 20.7. The predicted octanol–water partition coefficient (Wildman–Crippen LogP) is 6.18. The van der Waals surface area contributed by atoms with Crippen molar-refractivity contribution in [3.63, 3.8) is 0 Å². The van der Waals surface area contributed by atoms with E-state index in [0.29, 0.717) is 22.2 Å². The summed E-state index contributed by atoms with van der Waals surface area (Å²) in [7, 11) is 0. The molecule has 0 unspecified atom stereocenters. The summed E-state index contributed by atoms with van der Waals surface area (Å²) in [6, 6.07) is 25.7. The first-order valence-corrected chi connectivity index (χ1v) is 11.9. The van der Waals surface area contributed by atoms with Gasteiger partial charge in [0.15, 0.2) is 18.2 Å². The number of halogens is 2. The summed E-state index contributed by atoms with van der Waals surface area (Å²) in [6.45, 7) is 2.11. The molecule has 7 nitrogen and oxygen atoms in total. The smallest absolute Gasteiger partial charge is 0.277 e. The molecule has 0 bridgehead atoms. The quantitative estimate of drug-likeness (QED) is 0.267. The van der Waals surface area contributed by atoms with Crippen molar-refractivity contribution in [1.29, 1.82) is 0 Å². The molecule has 2 heterocycles. The highest BCUT2D eigenvalue weighted by Crippen LogP contribution is 2.23. The third-order valence-electron chi connectivity index (χ3n) is 5.79. The average Bonchev–Trinajstić information content (AvgIpc) is 3.52. The fourth-order valence-corrected chi connectivity index (χ4v) is 4.04. The zero-order valence-electron chi connectivity index (χ0n) is 19.9. The summed E-state index contributed by atoms with van der Waals surface area (Å²) < 4.78 is 23.1. The van der Waals surface area contributed by atoms with E-state index < -0.39 is 11.7 Å². The molecule has 5 rings (SSSR count). The van der Waals surface area contributed by atoms with Gasteiger partial charge in [-0.05, 0) is 48.4 Å². The van der Waals surface area contributed by atoms with Gasteiger partial charge in [-0.1, -0.05) is 60.1 Å². The first kappa shape index (κ1) is 24.3. The highest BCUT2D eigenvalue weighted by Gasteiger charge is 2.15. The Kier molecular flexibility index (Phi) is 7.00. The van der Waals surface area contributed by atoms with E-state index in [1.807, 2.05) is 49.4 Å². The van der Waals surface area contributed by atoms with E-state index in [0.717, 1.165) is 16.8 Å². The molecule has 9 heteroatoms. The number of rotatable bonds is 8. The molecule has 0 aliphatic rings. The van der Waals surface area contributed by atoms with Gasteiger partial charge in [0, 0.05) is 28.5 Å². The topological polar surface area (TPSA) is 74.0 Å². The van der Waals surface area contributed by atoms with Crippen molar-refractivity contribution >= 4 is 23.3 Å². The SMILES string of the molecule is Cc1cc(NC(=O)c2ccn(COc3ccc(-c4ccccc4)cc3)n2)nn1Cc1c(F)cccc1Cl. The summed E-state index contributed by atoms with van der Waals surface area (Å²) in [6.07, 6.45) is 1.66. The van der Waals surface area contributed by atoms with Gasteiger partial charge in [-0.2, -0.15) is 10.2 Å². The van der Waals surface area contributed by atoms with Crippen molar-refractivity contribution in [2.24, 2.45) is 0 Å². The minimum Gasteiger partial charge on any atom is -0.471 e. The van der Waals surface area contributed by atoms with Crippen molar-refractivity contribution < 1.29 is 13.9 Å². The molecule has 3 aromatic carbocycles. The van der Waals surface area contributed by atoms with Crippen molar-refractivity contribution in [3.05, 3.63) is 119 Å². The fraction of sp³-hybridized carbons (Fsp3) is 0.107. The molecule has 0 aliphatic carbocycles. The number of nitrogens with zero attached hydrogens (tertiary/aromatic N) is 4. The van der Waals surface area contributed by atoms with Crippen LogP contribution in [0.3, 0.4) is 0 Å². The lowest BCUT2D eigenvalue weighted by atomic mass is 10.1. The monoisotopic (exact) mass is 515 g/mol. The van der Waals surface area contributed by atoms with Gasteiger partial charge in [0.05, 0.1) is 6.54 Å². The second-order valence-corrected chi connectivity index (χ2v) is 8.79. The first-order chi connectivity index (χ1) is 18.0. The molecule has 5 aromatic rings. The Labute approximate surface area is 218 Å². The molecule has 0 fully saturated rings. The molecular weight excluding hydrogens is 493 g/mol. The lowest BCUT2D eigenvalue weighted by molar-refractivity contribution is 0.101. The molecule has 0 atom stereocenters. The Balaban J connectivity index is 1.18. The summed E-state index contributed by atoms with van der Waals surface area (Å²) in [4.78, 5) is 12.7. The molecular formula is C28H23ClFN5O2. The van der Waals surface area contributed by atoms with Crippen molar-refractivity contribution in [2.75, 3.05) is 5.32 Å². The Morgan fingerprint density at radius 3 is 2.49 bits per heavy atom. The number of hydrogen-bond donors (Lipinski definition) is 1. The van der Waals surface area contributed by atoms with Gasteiger partial charge in [-0.25, -0.2) is 9.07 Å². The lowest BCUT2D eigenvalue weighted by Crippen LogP contribution is -2.15. The number of carbonyl (C=O) groups excluding carboxylic acids is 1. The maximum Gasteiger partial charge on any atom is 0.277 e. The van der Waals surface area contributed by atoms with E-state index in [1.165, 1.54) is 10.7 Å². The molecule has 1 amide bonds. The number of anilines is 1. The largest absolute Gasteiger partial charge is 0.471 e. The molecule has 37 heavy (non-hydrogen) atoms. The predicted molar refractivity (Wildman–Crippen MR) is 140 cm³/mol. The summed E-state index contributed by atoms with van der Waals surface area (Å²) >= 11 is 6.13. The number of amides is 1. The molecule has 1 N–H and O–H groups in total. The standard InChI is InChI=1S/C28H23ClFN5O2/c1-19-16-27(33-35(19)17-23-24(29)8-5-9-25(23)30)31-28(36)26-14-15-34(32-26)18-37-22-12-10-21(11-13-22)20-6-3-2-4-7-20/h2-16H,17-18H2,1H3,(H,31,33,36). The van der Waals surface area contributed by atoms with Gasteiger partial charge in [-0.15, -0.1) is 0 Å². The number of nitrogens with one attached hydrogen (secondary N) is 1. The second-order valence-electron chi connectivity index (χ2n) is 8.39. The van der Waals surface area contributed by atoms with E-state index in [4.69, 9.17) is 16.3 Å². The number of carbonyl (C=O) groups is 1. The van der Waals surface area contributed by atoms with Crippen LogP contribution >= 0.6 is 11.6 Å². The zero-order chi connectivity index (χ0) is 25.8. The highest BCUT2D eigenvalue weighted by molar-refractivity contribution is 6.31. The molecule has 0 saturated carbocycles. The highest BCUT2D eigenvalue weighted by atomic mass is 35.5. The van der Waals surface area contributed by atoms with E-state index in [9.17, 15) is 9.18 Å². The molecule has 0 saturated heterocycles. The third-order valence-corrected chi connectivity index (χ3v) is 6.14. The molecule has 0 radical (unpaired) electrons. The first-order valence-electron chi connectivity index (χ1n) is 11.6. The van der Waals surface area contributed by atoms with Crippen molar-refractivity contribution in [1.82, 2.24) is 19.6 Å². The number of aromatic nitrogens is 4. The minimum absolute atomic E-state index is 0.144. The van der Waals surface area contributed by atoms with Crippen LogP contribution in [-0.4, -0.2) is 25.5 Å². The number of aryl methyl sites for hydroxylation is 1. The maximum atomic E-state index is 14.2. The van der Waals surface area contributed by atoms with Crippen LogP contribution < -0.4 is 10.1 Å². The van der Waals surface area contributed by atoms with E-state index >= 15 is 0 Å². The number of hydrogen-bond acceptors (Lipinski definition) is 4. The molecule has 0 spiro atoms. The van der Waals surface area contributed by atoms with Gasteiger partial charge in [0.1, 0.15) is 11.6 Å². The van der Waals surface area contributed by atoms with Crippen LogP contribution in [0.4, 0.5) is 10.2 Å². The van der Waals surface area contributed by atoms with Crippen LogP contribution in [0.15, 0.2) is 91.1 Å².